The summed E-state index contributed by atoms with van der Waals surface area (Å²) in [6.45, 7) is 5.85. The first-order chi connectivity index (χ1) is 11.0. The number of nitrogens with zero attached hydrogens (tertiary/aromatic N) is 4. The predicted molar refractivity (Wildman–Crippen MR) is 86.7 cm³/mol. The normalized spacial score (nSPS) is 27.0. The summed E-state index contributed by atoms with van der Waals surface area (Å²) in [5.41, 5.74) is 0. The molecule has 130 valence electrons. The molecule has 2 fully saturated rings. The molecule has 3 rings (SSSR count). The maximum atomic E-state index is 12.9. The lowest BCUT2D eigenvalue weighted by Crippen LogP contribution is -2.38. The molecule has 2 aliphatic heterocycles. The lowest BCUT2D eigenvalue weighted by atomic mass is 10.2. The van der Waals surface area contributed by atoms with Crippen LogP contribution in [0.4, 0.5) is 0 Å². The van der Waals surface area contributed by atoms with Gasteiger partial charge < -0.3 is 4.74 Å². The molecule has 0 radical (unpaired) electrons. The first-order valence-electron chi connectivity index (χ1n) is 8.29. The van der Waals surface area contributed by atoms with Gasteiger partial charge in [-0.3, -0.25) is 9.58 Å². The van der Waals surface area contributed by atoms with Crippen LogP contribution in [0.15, 0.2) is 17.3 Å². The van der Waals surface area contributed by atoms with E-state index in [-0.39, 0.29) is 10.9 Å². The van der Waals surface area contributed by atoms with Crippen molar-refractivity contribution in [2.45, 2.75) is 49.7 Å². The molecule has 2 unspecified atom stereocenters. The summed E-state index contributed by atoms with van der Waals surface area (Å²) < 4.78 is 34.1. The fraction of sp³-hybridized carbons (Fsp3) is 0.800. The van der Waals surface area contributed by atoms with Gasteiger partial charge in [0.2, 0.25) is 10.0 Å². The molecule has 8 heteroatoms. The number of likely N-dealkylation sites (tertiary alicyclic amines) is 1. The molecule has 0 spiro atoms. The number of hydrogen-bond acceptors (Lipinski definition) is 5. The van der Waals surface area contributed by atoms with Crippen LogP contribution < -0.4 is 0 Å². The van der Waals surface area contributed by atoms with Crippen molar-refractivity contribution in [1.82, 2.24) is 19.0 Å². The number of ether oxygens (including phenoxy) is 1. The molecule has 0 bridgehead atoms. The van der Waals surface area contributed by atoms with Gasteiger partial charge in [-0.2, -0.15) is 9.40 Å². The third-order valence-corrected chi connectivity index (χ3v) is 6.83. The molecule has 0 amide bonds. The number of rotatable bonds is 6. The second kappa shape index (κ2) is 6.88. The van der Waals surface area contributed by atoms with Crippen molar-refractivity contribution in [2.75, 3.05) is 33.4 Å². The highest BCUT2D eigenvalue weighted by atomic mass is 32.2. The molecule has 3 heterocycles. The van der Waals surface area contributed by atoms with E-state index < -0.39 is 10.0 Å². The summed E-state index contributed by atoms with van der Waals surface area (Å²) in [5, 5.41) is 4.13. The van der Waals surface area contributed by atoms with Gasteiger partial charge in [-0.25, -0.2) is 8.42 Å². The zero-order valence-electron chi connectivity index (χ0n) is 13.9. The lowest BCUT2D eigenvalue weighted by Gasteiger charge is -2.23. The number of aromatic nitrogens is 2. The monoisotopic (exact) mass is 342 g/mol. The van der Waals surface area contributed by atoms with Gasteiger partial charge >= 0.3 is 0 Å². The highest BCUT2D eigenvalue weighted by Crippen LogP contribution is 2.29. The SMILES string of the molecule is COCCn1cc(S(=O)(=O)N2CC(N3CCCC3)CC2C)cn1. The molecule has 0 aliphatic carbocycles. The van der Waals surface area contributed by atoms with E-state index in [0.29, 0.717) is 25.7 Å². The van der Waals surface area contributed by atoms with Crippen LogP contribution in [0, 0.1) is 0 Å². The van der Waals surface area contributed by atoms with Crippen LogP contribution in [-0.2, 0) is 21.3 Å². The topological polar surface area (TPSA) is 67.7 Å². The zero-order valence-corrected chi connectivity index (χ0v) is 14.7. The summed E-state index contributed by atoms with van der Waals surface area (Å²) in [7, 11) is -1.86. The van der Waals surface area contributed by atoms with Crippen molar-refractivity contribution in [2.24, 2.45) is 0 Å². The van der Waals surface area contributed by atoms with Gasteiger partial charge in [0.15, 0.2) is 0 Å². The van der Waals surface area contributed by atoms with Gasteiger partial charge in [-0.15, -0.1) is 0 Å². The molecular weight excluding hydrogens is 316 g/mol. The minimum Gasteiger partial charge on any atom is -0.383 e. The Morgan fingerprint density at radius 2 is 2.09 bits per heavy atom. The average Bonchev–Trinajstić information content (AvgIpc) is 3.25. The average molecular weight is 342 g/mol. The van der Waals surface area contributed by atoms with Crippen LogP contribution in [0.1, 0.15) is 26.2 Å². The van der Waals surface area contributed by atoms with E-state index in [2.05, 4.69) is 10.00 Å². The summed E-state index contributed by atoms with van der Waals surface area (Å²) in [6.07, 6.45) is 6.41. The highest BCUT2D eigenvalue weighted by molar-refractivity contribution is 7.89. The van der Waals surface area contributed by atoms with Crippen LogP contribution in [-0.4, -0.2) is 72.8 Å². The van der Waals surface area contributed by atoms with Crippen molar-refractivity contribution >= 4 is 10.0 Å². The smallest absolute Gasteiger partial charge is 0.246 e. The van der Waals surface area contributed by atoms with Crippen LogP contribution in [0.2, 0.25) is 0 Å². The molecule has 0 saturated carbocycles. The second-order valence-corrected chi connectivity index (χ2v) is 8.38. The van der Waals surface area contributed by atoms with Crippen LogP contribution in [0.5, 0.6) is 0 Å². The Morgan fingerprint density at radius 1 is 1.35 bits per heavy atom. The highest BCUT2D eigenvalue weighted by Gasteiger charge is 2.40. The second-order valence-electron chi connectivity index (χ2n) is 6.49. The minimum atomic E-state index is -3.47. The zero-order chi connectivity index (χ0) is 16.4. The standard InChI is InChI=1S/C15H26N4O3S/c1-13-9-14(17-5-3-4-6-17)11-19(13)23(20,21)15-10-16-18(12-15)7-8-22-2/h10,12-14H,3-9,11H2,1-2H3. The van der Waals surface area contributed by atoms with Crippen molar-refractivity contribution in [3.63, 3.8) is 0 Å². The van der Waals surface area contributed by atoms with Gasteiger partial charge in [0, 0.05) is 31.9 Å². The molecular formula is C15H26N4O3S. The van der Waals surface area contributed by atoms with E-state index >= 15 is 0 Å². The van der Waals surface area contributed by atoms with E-state index in [9.17, 15) is 8.42 Å². The molecule has 0 aromatic carbocycles. The molecule has 1 aromatic heterocycles. The lowest BCUT2D eigenvalue weighted by molar-refractivity contribution is 0.183. The Bertz CT molecular complexity index is 624. The fourth-order valence-corrected chi connectivity index (χ4v) is 5.23. The quantitative estimate of drug-likeness (QED) is 0.764. The van der Waals surface area contributed by atoms with Gasteiger partial charge in [0.1, 0.15) is 4.90 Å². The largest absolute Gasteiger partial charge is 0.383 e. The van der Waals surface area contributed by atoms with Gasteiger partial charge in [-0.05, 0) is 39.3 Å². The number of methoxy groups -OCH3 is 1. The van der Waals surface area contributed by atoms with Crippen LogP contribution in [0.25, 0.3) is 0 Å². The van der Waals surface area contributed by atoms with Gasteiger partial charge in [-0.1, -0.05) is 0 Å². The number of hydrogen-bond donors (Lipinski definition) is 0. The Labute approximate surface area is 138 Å². The molecule has 23 heavy (non-hydrogen) atoms. The van der Waals surface area contributed by atoms with E-state index in [1.165, 1.54) is 19.0 Å². The molecule has 2 saturated heterocycles. The van der Waals surface area contributed by atoms with Crippen molar-refractivity contribution in [3.8, 4) is 0 Å². The Balaban J connectivity index is 1.72. The van der Waals surface area contributed by atoms with Crippen LogP contribution >= 0.6 is 0 Å². The van der Waals surface area contributed by atoms with Crippen molar-refractivity contribution < 1.29 is 13.2 Å². The summed E-state index contributed by atoms with van der Waals surface area (Å²) >= 11 is 0. The van der Waals surface area contributed by atoms with E-state index in [4.69, 9.17) is 4.74 Å². The van der Waals surface area contributed by atoms with Crippen molar-refractivity contribution in [1.29, 1.82) is 0 Å². The van der Waals surface area contributed by atoms with E-state index in [1.807, 2.05) is 6.92 Å². The fourth-order valence-electron chi connectivity index (χ4n) is 3.60. The maximum absolute atomic E-state index is 12.9. The van der Waals surface area contributed by atoms with Crippen molar-refractivity contribution in [3.05, 3.63) is 12.4 Å². The molecule has 7 nitrogen and oxygen atoms in total. The van der Waals surface area contributed by atoms with E-state index in [0.717, 1.165) is 19.5 Å². The summed E-state index contributed by atoms with van der Waals surface area (Å²) in [4.78, 5) is 2.72. The predicted octanol–water partition coefficient (Wildman–Crippen LogP) is 0.777. The minimum absolute atomic E-state index is 0.0351. The third kappa shape index (κ3) is 3.45. The number of sulfonamides is 1. The summed E-state index contributed by atoms with van der Waals surface area (Å²) in [5.74, 6) is 0. The molecule has 1 aromatic rings. The Kier molecular flexibility index (Phi) is 5.05. The molecule has 0 N–H and O–H groups in total. The van der Waals surface area contributed by atoms with Crippen LogP contribution in [0.3, 0.4) is 0 Å². The molecule has 2 atom stereocenters. The third-order valence-electron chi connectivity index (χ3n) is 4.89. The first-order valence-corrected chi connectivity index (χ1v) is 9.73. The molecule has 2 aliphatic rings. The Morgan fingerprint density at radius 3 is 2.78 bits per heavy atom. The maximum Gasteiger partial charge on any atom is 0.246 e. The van der Waals surface area contributed by atoms with Gasteiger partial charge in [0.05, 0.1) is 19.3 Å². The first kappa shape index (κ1) is 16.9. The van der Waals surface area contributed by atoms with Gasteiger partial charge in [0.25, 0.3) is 0 Å². The van der Waals surface area contributed by atoms with E-state index in [1.54, 1.807) is 22.3 Å². The Hall–Kier alpha value is -0.960. The summed E-state index contributed by atoms with van der Waals surface area (Å²) in [6, 6.07) is 0.388.